The third-order valence-electron chi connectivity index (χ3n) is 5.00. The summed E-state index contributed by atoms with van der Waals surface area (Å²) in [5.41, 5.74) is 2.35. The third kappa shape index (κ3) is 3.91. The summed E-state index contributed by atoms with van der Waals surface area (Å²) in [4.78, 5) is 31.2. The number of rotatable bonds is 7. The molecule has 0 radical (unpaired) electrons. The Morgan fingerprint density at radius 3 is 2.60 bits per heavy atom. The number of ether oxygens (including phenoxy) is 1. The Morgan fingerprint density at radius 1 is 1.03 bits per heavy atom. The summed E-state index contributed by atoms with van der Waals surface area (Å²) in [7, 11) is 0. The molecule has 0 spiro atoms. The molecule has 0 saturated carbocycles. The van der Waals surface area contributed by atoms with Gasteiger partial charge in [-0.25, -0.2) is 4.79 Å². The van der Waals surface area contributed by atoms with Crippen LogP contribution in [-0.2, 0) is 0 Å². The van der Waals surface area contributed by atoms with Crippen LogP contribution in [0.1, 0.15) is 37.3 Å². The van der Waals surface area contributed by atoms with Crippen molar-refractivity contribution in [3.63, 3.8) is 0 Å². The highest BCUT2D eigenvalue weighted by molar-refractivity contribution is 6.04. The molecule has 0 saturated heterocycles. The summed E-state index contributed by atoms with van der Waals surface area (Å²) in [6.45, 7) is 4.81. The number of nitrogens with zero attached hydrogens (tertiary/aromatic N) is 2. The Labute approximate surface area is 173 Å². The van der Waals surface area contributed by atoms with Crippen molar-refractivity contribution in [1.29, 1.82) is 0 Å². The van der Waals surface area contributed by atoms with E-state index in [1.807, 2.05) is 49.4 Å². The van der Waals surface area contributed by atoms with Gasteiger partial charge in [0, 0.05) is 10.9 Å². The molecular formula is C23H24N4O3. The van der Waals surface area contributed by atoms with Crippen LogP contribution >= 0.6 is 0 Å². The molecule has 0 aliphatic rings. The van der Waals surface area contributed by atoms with Crippen molar-refractivity contribution in [2.75, 3.05) is 6.61 Å². The number of H-pyrrole nitrogens is 2. The third-order valence-corrected chi connectivity index (χ3v) is 5.00. The summed E-state index contributed by atoms with van der Waals surface area (Å²) < 4.78 is 6.52. The van der Waals surface area contributed by atoms with Crippen LogP contribution in [0.15, 0.2) is 57.2 Å². The van der Waals surface area contributed by atoms with E-state index in [1.54, 1.807) is 0 Å². The van der Waals surface area contributed by atoms with Gasteiger partial charge in [-0.3, -0.25) is 4.79 Å². The second-order valence-corrected chi connectivity index (χ2v) is 7.34. The molecule has 30 heavy (non-hydrogen) atoms. The molecule has 7 heteroatoms. The molecule has 0 bridgehead atoms. The normalized spacial score (nSPS) is 11.7. The van der Waals surface area contributed by atoms with Gasteiger partial charge in [-0.15, -0.1) is 4.68 Å². The zero-order valence-electron chi connectivity index (χ0n) is 17.1. The first kappa shape index (κ1) is 19.7. The molecule has 154 valence electrons. The minimum Gasteiger partial charge on any atom is -0.494 e. The van der Waals surface area contributed by atoms with E-state index in [2.05, 4.69) is 22.0 Å². The van der Waals surface area contributed by atoms with Crippen LogP contribution in [0.25, 0.3) is 21.9 Å². The standard InChI is InChI=1S/C23H24N4O3/c1-3-4-5-12-30-17-9-7-16(8-10-17)14-24-27-22(28)21-20(26-23(27)29)18-13-15(2)6-11-19(18)25-21/h6-11,13-14,25H,3-5,12H2,1-2H3,(H,26,29). The fourth-order valence-corrected chi connectivity index (χ4v) is 3.38. The molecule has 2 aromatic heterocycles. The Kier molecular flexibility index (Phi) is 5.52. The quantitative estimate of drug-likeness (QED) is 0.361. The van der Waals surface area contributed by atoms with Gasteiger partial charge in [-0.2, -0.15) is 5.10 Å². The number of aromatic nitrogens is 3. The zero-order chi connectivity index (χ0) is 21.1. The predicted octanol–water partition coefficient (Wildman–Crippen LogP) is 3.93. The number of hydrogen-bond donors (Lipinski definition) is 2. The smallest absolute Gasteiger partial charge is 0.350 e. The van der Waals surface area contributed by atoms with E-state index < -0.39 is 11.2 Å². The SMILES string of the molecule is CCCCCOc1ccc(C=Nn2c(=O)[nH]c3c([nH]c4ccc(C)cc43)c2=O)cc1. The molecule has 2 heterocycles. The van der Waals surface area contributed by atoms with Crippen molar-refractivity contribution < 1.29 is 4.74 Å². The lowest BCUT2D eigenvalue weighted by Gasteiger charge is -2.05. The lowest BCUT2D eigenvalue weighted by Crippen LogP contribution is -2.32. The average molecular weight is 404 g/mol. The fourth-order valence-electron chi connectivity index (χ4n) is 3.38. The second-order valence-electron chi connectivity index (χ2n) is 7.34. The van der Waals surface area contributed by atoms with Gasteiger partial charge < -0.3 is 14.7 Å². The average Bonchev–Trinajstić information content (AvgIpc) is 3.10. The van der Waals surface area contributed by atoms with E-state index >= 15 is 0 Å². The van der Waals surface area contributed by atoms with Crippen LogP contribution in [0.5, 0.6) is 5.75 Å². The molecule has 4 aromatic rings. The zero-order valence-corrected chi connectivity index (χ0v) is 17.1. The summed E-state index contributed by atoms with van der Waals surface area (Å²) >= 11 is 0. The molecule has 0 fully saturated rings. The van der Waals surface area contributed by atoms with E-state index in [0.717, 1.165) is 51.7 Å². The number of nitrogens with one attached hydrogen (secondary N) is 2. The van der Waals surface area contributed by atoms with Crippen LogP contribution in [0.4, 0.5) is 0 Å². The topological polar surface area (TPSA) is 92.2 Å². The molecule has 0 aliphatic heterocycles. The van der Waals surface area contributed by atoms with Gasteiger partial charge in [-0.05, 0) is 55.3 Å². The van der Waals surface area contributed by atoms with Crippen molar-refractivity contribution in [2.24, 2.45) is 5.10 Å². The molecule has 0 aliphatic carbocycles. The number of hydrogen-bond acceptors (Lipinski definition) is 4. The Balaban J connectivity index is 1.60. The highest BCUT2D eigenvalue weighted by Crippen LogP contribution is 2.21. The van der Waals surface area contributed by atoms with E-state index in [4.69, 9.17) is 4.74 Å². The molecule has 0 amide bonds. The van der Waals surface area contributed by atoms with Gasteiger partial charge >= 0.3 is 11.2 Å². The van der Waals surface area contributed by atoms with Gasteiger partial charge in [0.25, 0.3) is 0 Å². The summed E-state index contributed by atoms with van der Waals surface area (Å²) in [5, 5.41) is 4.91. The molecule has 2 aromatic carbocycles. The largest absolute Gasteiger partial charge is 0.494 e. The summed E-state index contributed by atoms with van der Waals surface area (Å²) in [6, 6.07) is 13.1. The van der Waals surface area contributed by atoms with Gasteiger partial charge in [0.05, 0.1) is 18.3 Å². The first-order valence-electron chi connectivity index (χ1n) is 10.1. The monoisotopic (exact) mass is 404 g/mol. The van der Waals surface area contributed by atoms with Gasteiger partial charge in [0.1, 0.15) is 11.3 Å². The van der Waals surface area contributed by atoms with Crippen LogP contribution in [0.2, 0.25) is 0 Å². The van der Waals surface area contributed by atoms with Crippen molar-refractivity contribution in [1.82, 2.24) is 14.6 Å². The van der Waals surface area contributed by atoms with E-state index in [9.17, 15) is 9.59 Å². The Morgan fingerprint density at radius 2 is 1.83 bits per heavy atom. The Hall–Kier alpha value is -3.61. The summed E-state index contributed by atoms with van der Waals surface area (Å²) in [6.07, 6.45) is 4.81. The van der Waals surface area contributed by atoms with Gasteiger partial charge in [0.2, 0.25) is 0 Å². The number of aromatic amines is 2. The number of benzene rings is 2. The number of fused-ring (bicyclic) bond motifs is 3. The van der Waals surface area contributed by atoms with Crippen molar-refractivity contribution in [2.45, 2.75) is 33.1 Å². The first-order chi connectivity index (χ1) is 14.6. The molecule has 0 unspecified atom stereocenters. The Bertz CT molecular complexity index is 1330. The van der Waals surface area contributed by atoms with Gasteiger partial charge in [0.15, 0.2) is 0 Å². The van der Waals surface area contributed by atoms with Crippen molar-refractivity contribution >= 4 is 28.2 Å². The molecule has 4 rings (SSSR count). The highest BCUT2D eigenvalue weighted by atomic mass is 16.5. The van der Waals surface area contributed by atoms with E-state index in [1.165, 1.54) is 6.21 Å². The number of aryl methyl sites for hydroxylation is 1. The maximum absolute atomic E-state index is 12.8. The maximum atomic E-state index is 12.8. The lowest BCUT2D eigenvalue weighted by molar-refractivity contribution is 0.306. The minimum atomic E-state index is -0.581. The second kappa shape index (κ2) is 8.41. The maximum Gasteiger partial charge on any atom is 0.350 e. The molecular weight excluding hydrogens is 380 g/mol. The van der Waals surface area contributed by atoms with E-state index in [-0.39, 0.29) is 0 Å². The first-order valence-corrected chi connectivity index (χ1v) is 10.1. The van der Waals surface area contributed by atoms with Crippen molar-refractivity contribution in [3.8, 4) is 5.75 Å². The van der Waals surface area contributed by atoms with Crippen LogP contribution in [0, 0.1) is 6.92 Å². The fraction of sp³-hybridized carbons (Fsp3) is 0.261. The van der Waals surface area contributed by atoms with Crippen LogP contribution < -0.4 is 16.0 Å². The molecule has 0 atom stereocenters. The van der Waals surface area contributed by atoms with Gasteiger partial charge in [-0.1, -0.05) is 31.4 Å². The van der Waals surface area contributed by atoms with Crippen LogP contribution in [0.3, 0.4) is 0 Å². The predicted molar refractivity (Wildman–Crippen MR) is 120 cm³/mol. The highest BCUT2D eigenvalue weighted by Gasteiger charge is 2.12. The number of unbranched alkanes of at least 4 members (excludes halogenated alkanes) is 2. The lowest BCUT2D eigenvalue weighted by atomic mass is 10.2. The molecule has 7 nitrogen and oxygen atoms in total. The minimum absolute atomic E-state index is 0.322. The van der Waals surface area contributed by atoms with Crippen LogP contribution in [-0.4, -0.2) is 27.5 Å². The summed E-state index contributed by atoms with van der Waals surface area (Å²) in [5.74, 6) is 0.785. The van der Waals surface area contributed by atoms with E-state index in [0.29, 0.717) is 17.6 Å². The van der Waals surface area contributed by atoms with Crippen molar-refractivity contribution in [3.05, 3.63) is 74.4 Å². The molecule has 2 N–H and O–H groups in total.